The number of nitrogens with zero attached hydrogens (tertiary/aromatic N) is 6. The Kier molecular flexibility index (Phi) is 18.5. The fourth-order valence-electron chi connectivity index (χ4n) is 8.27. The van der Waals surface area contributed by atoms with Crippen LogP contribution in [0.2, 0.25) is 0 Å². The molecule has 22 nitrogen and oxygen atoms in total. The summed E-state index contributed by atoms with van der Waals surface area (Å²) in [4.78, 5) is 109. The number of nitrogens with two attached hydrogens (primary N) is 4. The van der Waals surface area contributed by atoms with Crippen LogP contribution in [0.25, 0.3) is 0 Å². The molecule has 13 N–H and O–H groups in total. The maximum absolute atomic E-state index is 14.5. The van der Waals surface area contributed by atoms with Gasteiger partial charge in [-0.2, -0.15) is 0 Å². The van der Waals surface area contributed by atoms with Crippen molar-refractivity contribution < 1.29 is 43.8 Å². The van der Waals surface area contributed by atoms with E-state index in [0.717, 1.165) is 10.5 Å². The van der Waals surface area contributed by atoms with Crippen molar-refractivity contribution in [2.45, 2.75) is 79.9 Å². The molecule has 358 valence electrons. The normalized spacial score (nSPS) is 17.8. The number of anilines is 1. The third kappa shape index (κ3) is 13.8. The summed E-state index contributed by atoms with van der Waals surface area (Å²) in [6.45, 7) is -0.409. The molecule has 0 unspecified atom stereocenters. The predicted molar refractivity (Wildman–Crippen MR) is 246 cm³/mol. The highest BCUT2D eigenvalue weighted by Crippen LogP contribution is 2.37. The second-order valence-electron chi connectivity index (χ2n) is 16.3. The Hall–Kier alpha value is -6.46. The lowest BCUT2D eigenvalue weighted by Gasteiger charge is -2.43. The van der Waals surface area contributed by atoms with Gasteiger partial charge in [0.25, 0.3) is 5.91 Å². The molecule has 1 spiro atoms. The molecule has 0 aromatic heterocycles. The highest BCUT2D eigenvalue weighted by Gasteiger charge is 2.54. The van der Waals surface area contributed by atoms with E-state index >= 15 is 0 Å². The molecule has 5 rings (SSSR count). The number of piperidine rings is 1. The van der Waals surface area contributed by atoms with Gasteiger partial charge < -0.3 is 58.9 Å². The van der Waals surface area contributed by atoms with Crippen LogP contribution in [-0.4, -0.2) is 167 Å². The third-order valence-corrected chi connectivity index (χ3v) is 12.8. The van der Waals surface area contributed by atoms with Gasteiger partial charge in [-0.05, 0) is 62.6 Å². The molecule has 0 saturated carbocycles. The third-order valence-electron chi connectivity index (χ3n) is 11.6. The number of para-hydroxylation sites is 1. The molecule has 0 radical (unpaired) electrons. The second-order valence-corrected chi connectivity index (χ2v) is 17.4. The highest BCUT2D eigenvalue weighted by molar-refractivity contribution is 7.99. The number of aliphatic imine (C=N–C) groups is 2. The van der Waals surface area contributed by atoms with Crippen LogP contribution in [-0.2, 0) is 40.0 Å². The van der Waals surface area contributed by atoms with Gasteiger partial charge in [0.05, 0.1) is 19.0 Å². The lowest BCUT2D eigenvalue weighted by molar-refractivity contribution is -0.144. The van der Waals surface area contributed by atoms with Gasteiger partial charge in [0.15, 0.2) is 11.9 Å². The minimum Gasteiger partial charge on any atom is -0.480 e. The number of carboxylic acids is 1. The van der Waals surface area contributed by atoms with E-state index in [1.807, 2.05) is 35.2 Å². The summed E-state index contributed by atoms with van der Waals surface area (Å²) < 4.78 is 0. The Morgan fingerprint density at radius 2 is 1.48 bits per heavy atom. The Morgan fingerprint density at radius 3 is 2.15 bits per heavy atom. The first kappa shape index (κ1) is 50.5. The zero-order chi connectivity index (χ0) is 47.8. The summed E-state index contributed by atoms with van der Waals surface area (Å²) in [6.07, 6.45) is 2.97. The molecule has 3 aliphatic heterocycles. The van der Waals surface area contributed by atoms with Gasteiger partial charge in [-0.25, -0.2) is 0 Å². The number of thioether (sulfide) groups is 1. The number of unbranched alkanes of at least 4 members (excludes halogenated alkanes) is 1. The van der Waals surface area contributed by atoms with Crippen molar-refractivity contribution in [3.05, 3.63) is 60.2 Å². The number of benzene rings is 2. The largest absolute Gasteiger partial charge is 0.480 e. The van der Waals surface area contributed by atoms with Crippen molar-refractivity contribution in [2.24, 2.45) is 32.9 Å². The average Bonchev–Trinajstić information content (AvgIpc) is 3.45. The van der Waals surface area contributed by atoms with Crippen molar-refractivity contribution >= 4 is 70.8 Å². The van der Waals surface area contributed by atoms with Crippen molar-refractivity contribution in [1.29, 1.82) is 0 Å². The standard InChI is InChI=1S/C43H61N13O9S/c44-41(45)48-18-7-6-14-34(58)50-29(11-8-19-49-42(46)47)38(63)53-21-16-43(17-22-53)40(65)54(27-55(43)20-15-28-9-2-1-3-10-28)23-35(59)51-30(25-57)37(62)52-31-26-66-33-13-5-4-12-32(33)56(39(31)64)24-36(60)61/h1-5,9-10,12-13,29-31,57H,6-8,11,14-27H2,(H,50,58)(H,51,59)(H,52,62)(H,60,61)(H4,44,45,48)(H4,46,47,49)/t29-,30-,31+/m0/s1. The maximum atomic E-state index is 14.5. The Morgan fingerprint density at radius 1 is 0.833 bits per heavy atom. The molecule has 23 heteroatoms. The predicted octanol–water partition coefficient (Wildman–Crippen LogP) is -2.14. The van der Waals surface area contributed by atoms with Crippen LogP contribution in [0.1, 0.15) is 50.5 Å². The number of hydrogen-bond acceptors (Lipinski definition) is 12. The van der Waals surface area contributed by atoms with Gasteiger partial charge in [0.1, 0.15) is 36.8 Å². The van der Waals surface area contributed by atoms with Crippen molar-refractivity contribution in [1.82, 2.24) is 30.7 Å². The molecule has 2 fully saturated rings. The lowest BCUT2D eigenvalue weighted by atomic mass is 9.85. The molecule has 3 heterocycles. The number of nitrogens with one attached hydrogen (secondary N) is 3. The van der Waals surface area contributed by atoms with Crippen molar-refractivity contribution in [3.8, 4) is 0 Å². The molecule has 3 atom stereocenters. The quantitative estimate of drug-likeness (QED) is 0.0346. The topological polar surface area (TPSA) is 338 Å². The SMILES string of the molecule is NC(N)=NCCCCC(=O)N[C@@H](CCCN=C(N)N)C(=O)N1CCC2(CC1)C(=O)N(CC(=O)N[C@@H](CO)C(=O)N[C@@H]1CSc3ccccc3N(CC(=O)O)C1=O)CN2CCc1ccccc1. The average molecular weight is 936 g/mol. The number of carbonyl (C=O) groups excluding carboxylic acids is 6. The zero-order valence-electron chi connectivity index (χ0n) is 36.8. The van der Waals surface area contributed by atoms with Crippen LogP contribution in [0.5, 0.6) is 0 Å². The Labute approximate surface area is 386 Å². The van der Waals surface area contributed by atoms with Crippen molar-refractivity contribution in [2.75, 3.05) is 69.7 Å². The van der Waals surface area contributed by atoms with Crippen LogP contribution >= 0.6 is 11.8 Å². The summed E-state index contributed by atoms with van der Waals surface area (Å²) in [7, 11) is 0. The molecular formula is C43H61N13O9S. The van der Waals surface area contributed by atoms with Gasteiger partial charge in [-0.1, -0.05) is 42.5 Å². The fourth-order valence-corrected chi connectivity index (χ4v) is 9.34. The number of fused-ring (bicyclic) bond motifs is 1. The second kappa shape index (κ2) is 24.2. The minimum absolute atomic E-state index is 0.0354. The molecule has 3 aliphatic rings. The van der Waals surface area contributed by atoms with Gasteiger partial charge in [0, 0.05) is 49.8 Å². The number of likely N-dealkylation sites (tertiary alicyclic amines) is 1. The Bertz CT molecular complexity index is 2110. The van der Waals surface area contributed by atoms with E-state index in [1.54, 1.807) is 29.2 Å². The number of hydrogen-bond donors (Lipinski definition) is 9. The van der Waals surface area contributed by atoms with E-state index in [2.05, 4.69) is 25.9 Å². The highest BCUT2D eigenvalue weighted by atomic mass is 32.2. The summed E-state index contributed by atoms with van der Waals surface area (Å²) in [5.41, 5.74) is 22.1. The maximum Gasteiger partial charge on any atom is 0.323 e. The van der Waals surface area contributed by atoms with E-state index in [4.69, 9.17) is 22.9 Å². The summed E-state index contributed by atoms with van der Waals surface area (Å²) in [5.74, 6) is -4.54. The molecule has 6 amide bonds. The number of guanidine groups is 2. The van der Waals surface area contributed by atoms with Crippen LogP contribution < -0.4 is 43.8 Å². The van der Waals surface area contributed by atoms with Crippen LogP contribution in [0, 0.1) is 0 Å². The number of aliphatic hydroxyl groups excluding tert-OH is 1. The molecule has 66 heavy (non-hydrogen) atoms. The summed E-state index contributed by atoms with van der Waals surface area (Å²) >= 11 is 1.25. The monoisotopic (exact) mass is 935 g/mol. The van der Waals surface area contributed by atoms with E-state index < -0.39 is 67.1 Å². The first-order valence-corrected chi connectivity index (χ1v) is 22.8. The summed E-state index contributed by atoms with van der Waals surface area (Å²) in [5, 5.41) is 27.7. The summed E-state index contributed by atoms with van der Waals surface area (Å²) in [6, 6.07) is 12.9. The lowest BCUT2D eigenvalue weighted by Crippen LogP contribution is -2.59. The van der Waals surface area contributed by atoms with Gasteiger partial charge in [0.2, 0.25) is 29.5 Å². The van der Waals surface area contributed by atoms with Crippen LogP contribution in [0.3, 0.4) is 0 Å². The van der Waals surface area contributed by atoms with Crippen LogP contribution in [0.4, 0.5) is 5.69 Å². The minimum atomic E-state index is -1.50. The molecule has 2 aromatic rings. The molecule has 0 aliphatic carbocycles. The number of carboxylic acid groups (broad SMARTS) is 1. The molecular weight excluding hydrogens is 875 g/mol. The van der Waals surface area contributed by atoms with E-state index in [0.29, 0.717) is 49.4 Å². The number of aliphatic hydroxyl groups is 1. The van der Waals surface area contributed by atoms with Crippen molar-refractivity contribution in [3.63, 3.8) is 0 Å². The van der Waals surface area contributed by atoms with Gasteiger partial charge in [-0.3, -0.25) is 53.3 Å². The van der Waals surface area contributed by atoms with E-state index in [1.165, 1.54) is 16.7 Å². The number of rotatable bonds is 22. The number of carbonyl (C=O) groups is 7. The van der Waals surface area contributed by atoms with Gasteiger partial charge >= 0.3 is 5.97 Å². The number of aliphatic carboxylic acids is 1. The zero-order valence-corrected chi connectivity index (χ0v) is 37.6. The first-order chi connectivity index (χ1) is 31.6. The smallest absolute Gasteiger partial charge is 0.323 e. The first-order valence-electron chi connectivity index (χ1n) is 21.8. The fraction of sp³-hybridized carbons (Fsp3) is 0.512. The Balaban J connectivity index is 1.24. The van der Waals surface area contributed by atoms with E-state index in [9.17, 15) is 43.8 Å². The van der Waals surface area contributed by atoms with Gasteiger partial charge in [-0.15, -0.1) is 11.8 Å². The molecule has 2 saturated heterocycles. The van der Waals surface area contributed by atoms with E-state index in [-0.39, 0.29) is 87.4 Å². The van der Waals surface area contributed by atoms with Crippen LogP contribution in [0.15, 0.2) is 69.5 Å². The molecule has 0 bridgehead atoms. The molecule has 2 aromatic carbocycles. The number of amides is 6.